The van der Waals surface area contributed by atoms with Crippen LogP contribution in [0.4, 0.5) is 0 Å². The van der Waals surface area contributed by atoms with E-state index in [9.17, 15) is 9.59 Å². The van der Waals surface area contributed by atoms with E-state index >= 15 is 0 Å². The first-order chi connectivity index (χ1) is 8.20. The SMILES string of the molecule is O=C(C(=O)c1ccccc1S)c1ccccc1. The number of hydrogen-bond donors (Lipinski definition) is 1. The van der Waals surface area contributed by atoms with Gasteiger partial charge in [0.15, 0.2) is 0 Å². The Morgan fingerprint density at radius 1 is 0.765 bits per heavy atom. The van der Waals surface area contributed by atoms with Crippen molar-refractivity contribution in [3.05, 3.63) is 65.7 Å². The molecular formula is C14H10O2S. The molecule has 0 radical (unpaired) electrons. The molecule has 0 amide bonds. The molecule has 2 aromatic rings. The Morgan fingerprint density at radius 2 is 1.35 bits per heavy atom. The van der Waals surface area contributed by atoms with E-state index < -0.39 is 11.6 Å². The summed E-state index contributed by atoms with van der Waals surface area (Å²) in [5.41, 5.74) is 0.735. The van der Waals surface area contributed by atoms with Gasteiger partial charge in [0.05, 0.1) is 0 Å². The number of Topliss-reactive ketones (excluding diaryl/α,β-unsaturated/α-hetero) is 2. The van der Waals surface area contributed by atoms with Gasteiger partial charge in [-0.15, -0.1) is 12.6 Å². The number of carbonyl (C=O) groups excluding carboxylic acids is 2. The lowest BCUT2D eigenvalue weighted by Crippen LogP contribution is -2.14. The van der Waals surface area contributed by atoms with Crippen LogP contribution in [0.25, 0.3) is 0 Å². The molecule has 2 aromatic carbocycles. The Bertz CT molecular complexity index is 561. The highest BCUT2D eigenvalue weighted by Crippen LogP contribution is 2.15. The second-order valence-corrected chi connectivity index (χ2v) is 4.02. The maximum atomic E-state index is 12.0. The van der Waals surface area contributed by atoms with Gasteiger partial charge in [0.25, 0.3) is 0 Å². The van der Waals surface area contributed by atoms with Crippen LogP contribution in [0.15, 0.2) is 59.5 Å². The molecule has 0 spiro atoms. The Balaban J connectivity index is 2.34. The highest BCUT2D eigenvalue weighted by molar-refractivity contribution is 7.80. The van der Waals surface area contributed by atoms with E-state index in [1.165, 1.54) is 0 Å². The van der Waals surface area contributed by atoms with Crippen LogP contribution in [0.3, 0.4) is 0 Å². The van der Waals surface area contributed by atoms with Crippen molar-refractivity contribution in [1.82, 2.24) is 0 Å². The molecule has 0 atom stereocenters. The van der Waals surface area contributed by atoms with Crippen LogP contribution < -0.4 is 0 Å². The monoisotopic (exact) mass is 242 g/mol. The summed E-state index contributed by atoms with van der Waals surface area (Å²) in [6, 6.07) is 15.3. The molecule has 0 heterocycles. The Hall–Kier alpha value is -1.87. The lowest BCUT2D eigenvalue weighted by atomic mass is 10.0. The highest BCUT2D eigenvalue weighted by atomic mass is 32.1. The van der Waals surface area contributed by atoms with Crippen molar-refractivity contribution >= 4 is 24.2 Å². The number of hydrogen-bond acceptors (Lipinski definition) is 3. The fourth-order valence-electron chi connectivity index (χ4n) is 1.51. The van der Waals surface area contributed by atoms with Gasteiger partial charge in [-0.2, -0.15) is 0 Å². The van der Waals surface area contributed by atoms with E-state index in [1.807, 2.05) is 0 Å². The third kappa shape index (κ3) is 2.45. The maximum absolute atomic E-state index is 12.0. The number of ketones is 2. The Kier molecular flexibility index (Phi) is 3.40. The third-order valence-corrected chi connectivity index (χ3v) is 2.78. The molecule has 0 bridgehead atoms. The average molecular weight is 242 g/mol. The van der Waals surface area contributed by atoms with Gasteiger partial charge < -0.3 is 0 Å². The van der Waals surface area contributed by atoms with E-state index in [2.05, 4.69) is 12.6 Å². The molecule has 0 saturated heterocycles. The summed E-state index contributed by atoms with van der Waals surface area (Å²) in [7, 11) is 0. The maximum Gasteiger partial charge on any atom is 0.234 e. The van der Waals surface area contributed by atoms with Crippen molar-refractivity contribution in [2.24, 2.45) is 0 Å². The molecule has 0 unspecified atom stereocenters. The predicted molar refractivity (Wildman–Crippen MR) is 68.8 cm³/mol. The van der Waals surface area contributed by atoms with Crippen LogP contribution >= 0.6 is 12.6 Å². The Morgan fingerprint density at radius 3 is 2.00 bits per heavy atom. The van der Waals surface area contributed by atoms with Gasteiger partial charge in [-0.3, -0.25) is 9.59 Å². The van der Waals surface area contributed by atoms with Crippen LogP contribution in [0, 0.1) is 0 Å². The zero-order chi connectivity index (χ0) is 12.3. The van der Waals surface area contributed by atoms with Gasteiger partial charge in [0.1, 0.15) is 0 Å². The van der Waals surface area contributed by atoms with Gasteiger partial charge in [0, 0.05) is 16.0 Å². The van der Waals surface area contributed by atoms with Crippen LogP contribution in [0.2, 0.25) is 0 Å². The minimum Gasteiger partial charge on any atom is -0.285 e. The molecule has 0 aliphatic heterocycles. The molecule has 2 nitrogen and oxygen atoms in total. The van der Waals surface area contributed by atoms with Crippen molar-refractivity contribution in [3.8, 4) is 0 Å². The molecule has 17 heavy (non-hydrogen) atoms. The summed E-state index contributed by atoms with van der Waals surface area (Å²) in [5.74, 6) is -1.03. The van der Waals surface area contributed by atoms with Gasteiger partial charge in [0.2, 0.25) is 11.6 Å². The molecule has 0 N–H and O–H groups in total. The normalized spacial score (nSPS) is 9.94. The van der Waals surface area contributed by atoms with Crippen molar-refractivity contribution < 1.29 is 9.59 Å². The molecule has 84 valence electrons. The standard InChI is InChI=1S/C14H10O2S/c15-13(10-6-2-1-3-7-10)14(16)11-8-4-5-9-12(11)17/h1-9,17H. The van der Waals surface area contributed by atoms with Crippen molar-refractivity contribution in [2.45, 2.75) is 4.90 Å². The van der Waals surface area contributed by atoms with Crippen molar-refractivity contribution in [3.63, 3.8) is 0 Å². The second-order valence-electron chi connectivity index (χ2n) is 3.54. The van der Waals surface area contributed by atoms with Gasteiger partial charge in [-0.1, -0.05) is 42.5 Å². The lowest BCUT2D eigenvalue weighted by Gasteiger charge is -2.02. The van der Waals surface area contributed by atoms with Crippen LogP contribution in [-0.4, -0.2) is 11.6 Å². The first-order valence-electron chi connectivity index (χ1n) is 5.12. The summed E-state index contributed by atoms with van der Waals surface area (Å²) in [4.78, 5) is 24.4. The molecule has 0 aliphatic rings. The van der Waals surface area contributed by atoms with Crippen molar-refractivity contribution in [1.29, 1.82) is 0 Å². The third-order valence-electron chi connectivity index (χ3n) is 2.39. The van der Waals surface area contributed by atoms with Crippen molar-refractivity contribution in [2.75, 3.05) is 0 Å². The summed E-state index contributed by atoms with van der Waals surface area (Å²) in [6.07, 6.45) is 0. The lowest BCUT2D eigenvalue weighted by molar-refractivity contribution is 0.0815. The molecule has 0 aromatic heterocycles. The number of thiol groups is 1. The first-order valence-corrected chi connectivity index (χ1v) is 5.57. The van der Waals surface area contributed by atoms with Crippen LogP contribution in [0.5, 0.6) is 0 Å². The summed E-state index contributed by atoms with van der Waals surface area (Å²) in [5, 5.41) is 0. The quantitative estimate of drug-likeness (QED) is 0.510. The smallest absolute Gasteiger partial charge is 0.234 e. The number of carbonyl (C=O) groups is 2. The molecular weight excluding hydrogens is 232 g/mol. The minimum absolute atomic E-state index is 0.338. The average Bonchev–Trinajstić information content (AvgIpc) is 2.39. The molecule has 0 fully saturated rings. The highest BCUT2D eigenvalue weighted by Gasteiger charge is 2.19. The van der Waals surface area contributed by atoms with E-state index in [0.717, 1.165) is 0 Å². The fraction of sp³-hybridized carbons (Fsp3) is 0. The van der Waals surface area contributed by atoms with Gasteiger partial charge >= 0.3 is 0 Å². The zero-order valence-corrected chi connectivity index (χ0v) is 9.85. The van der Waals surface area contributed by atoms with E-state index in [1.54, 1.807) is 54.6 Å². The summed E-state index contributed by atoms with van der Waals surface area (Å²) < 4.78 is 0. The summed E-state index contributed by atoms with van der Waals surface area (Å²) in [6.45, 7) is 0. The van der Waals surface area contributed by atoms with Crippen LogP contribution in [-0.2, 0) is 0 Å². The first kappa shape index (κ1) is 11.6. The molecule has 0 saturated carbocycles. The predicted octanol–water partition coefficient (Wildman–Crippen LogP) is 3.04. The summed E-state index contributed by atoms with van der Waals surface area (Å²) >= 11 is 4.17. The van der Waals surface area contributed by atoms with E-state index in [-0.39, 0.29) is 0 Å². The Labute approximate surface area is 105 Å². The van der Waals surface area contributed by atoms with E-state index in [0.29, 0.717) is 16.0 Å². The fourth-order valence-corrected chi connectivity index (χ4v) is 1.77. The largest absolute Gasteiger partial charge is 0.285 e. The topological polar surface area (TPSA) is 34.1 Å². The molecule has 2 rings (SSSR count). The number of benzene rings is 2. The molecule has 3 heteroatoms. The van der Waals surface area contributed by atoms with Crippen LogP contribution in [0.1, 0.15) is 20.7 Å². The second kappa shape index (κ2) is 4.97. The zero-order valence-electron chi connectivity index (χ0n) is 8.96. The van der Waals surface area contributed by atoms with Gasteiger partial charge in [-0.25, -0.2) is 0 Å². The van der Waals surface area contributed by atoms with E-state index in [4.69, 9.17) is 0 Å². The minimum atomic E-state index is -0.526. The number of rotatable bonds is 3. The molecule has 0 aliphatic carbocycles. The van der Waals surface area contributed by atoms with Gasteiger partial charge in [-0.05, 0) is 12.1 Å².